The van der Waals surface area contributed by atoms with E-state index in [4.69, 9.17) is 16.6 Å². The van der Waals surface area contributed by atoms with Gasteiger partial charge in [-0.1, -0.05) is 6.07 Å². The van der Waals surface area contributed by atoms with Gasteiger partial charge in [0, 0.05) is 15.8 Å². The number of aliphatic carboxylic acids is 1. The van der Waals surface area contributed by atoms with Crippen LogP contribution in [0.4, 0.5) is 11.4 Å². The van der Waals surface area contributed by atoms with Crippen molar-refractivity contribution in [2.75, 3.05) is 11.9 Å². The van der Waals surface area contributed by atoms with Crippen molar-refractivity contribution in [3.63, 3.8) is 0 Å². The molecule has 7 N–H and O–H groups in total. The fourth-order valence-electron chi connectivity index (χ4n) is 2.22. The molecule has 0 aliphatic heterocycles. The molecule has 0 bridgehead atoms. The average molecular weight is 468 g/mol. The van der Waals surface area contributed by atoms with Crippen LogP contribution in [0.1, 0.15) is 21.7 Å². The van der Waals surface area contributed by atoms with Crippen LogP contribution in [0, 0.1) is 0 Å². The molecule has 0 unspecified atom stereocenters. The third-order valence-corrected chi connectivity index (χ3v) is 5.40. The van der Waals surface area contributed by atoms with Crippen LogP contribution in [0.5, 0.6) is 0 Å². The van der Waals surface area contributed by atoms with Crippen LogP contribution in [0.25, 0.3) is 0 Å². The molecule has 1 aromatic heterocycles. The van der Waals surface area contributed by atoms with Crippen LogP contribution in [0.2, 0.25) is 0 Å². The summed E-state index contributed by atoms with van der Waals surface area (Å²) in [5.74, 6) is -1.95. The van der Waals surface area contributed by atoms with Crippen molar-refractivity contribution in [3.05, 3.63) is 44.6 Å². The van der Waals surface area contributed by atoms with E-state index in [1.54, 1.807) is 23.6 Å². The van der Waals surface area contributed by atoms with E-state index in [2.05, 4.69) is 31.6 Å². The van der Waals surface area contributed by atoms with Crippen LogP contribution >= 0.6 is 27.3 Å². The van der Waals surface area contributed by atoms with Crippen molar-refractivity contribution < 1.29 is 19.5 Å². The summed E-state index contributed by atoms with van der Waals surface area (Å²) >= 11 is 4.67. The van der Waals surface area contributed by atoms with Gasteiger partial charge in [0.25, 0.3) is 5.91 Å². The minimum absolute atomic E-state index is 0.0430. The Bertz CT molecular complexity index is 924. The molecule has 1 heterocycles. The first-order chi connectivity index (χ1) is 13.3. The molecule has 0 atom stereocenters. The molecule has 0 spiro atoms. The molecule has 2 rings (SSSR count). The van der Waals surface area contributed by atoms with Crippen molar-refractivity contribution >= 4 is 62.4 Å². The number of aliphatic imine (C=N–C) groups is 1. The predicted molar refractivity (Wildman–Crippen MR) is 111 cm³/mol. The average Bonchev–Trinajstić information content (AvgIpc) is 2.97. The largest absolute Gasteiger partial charge is 0.481 e. The molecule has 28 heavy (non-hydrogen) atoms. The second-order valence-electron chi connectivity index (χ2n) is 5.59. The number of carboxylic acid groups (broad SMARTS) is 1. The quantitative estimate of drug-likeness (QED) is 0.293. The maximum absolute atomic E-state index is 12.2. The SMILES string of the molecule is NC(N)=Nc1cccc(C(=O)NCC(=O)Nc2c(Br)csc2CCC(=O)O)c1. The van der Waals surface area contributed by atoms with Crippen molar-refractivity contribution in [2.45, 2.75) is 12.8 Å². The van der Waals surface area contributed by atoms with E-state index in [9.17, 15) is 14.4 Å². The van der Waals surface area contributed by atoms with Gasteiger partial charge in [-0.05, 0) is 40.5 Å². The molecule has 0 radical (unpaired) electrons. The van der Waals surface area contributed by atoms with Gasteiger partial charge in [0.1, 0.15) is 0 Å². The highest BCUT2D eigenvalue weighted by molar-refractivity contribution is 9.10. The summed E-state index contributed by atoms with van der Waals surface area (Å²) in [5.41, 5.74) is 11.9. The predicted octanol–water partition coefficient (Wildman–Crippen LogP) is 1.80. The highest BCUT2D eigenvalue weighted by Crippen LogP contribution is 2.33. The topological polar surface area (TPSA) is 160 Å². The molecule has 0 aliphatic rings. The van der Waals surface area contributed by atoms with Gasteiger partial charge in [-0.25, -0.2) is 4.99 Å². The molecular formula is C17H18BrN5O4S. The van der Waals surface area contributed by atoms with Gasteiger partial charge < -0.3 is 27.2 Å². The second kappa shape index (κ2) is 9.85. The number of anilines is 1. The third-order valence-electron chi connectivity index (χ3n) is 3.43. The summed E-state index contributed by atoms with van der Waals surface area (Å²) in [6.07, 6.45) is 0.254. The summed E-state index contributed by atoms with van der Waals surface area (Å²) in [6, 6.07) is 6.31. The molecule has 0 saturated heterocycles. The molecule has 148 valence electrons. The van der Waals surface area contributed by atoms with E-state index in [1.165, 1.54) is 17.4 Å². The Morgan fingerprint density at radius 3 is 2.68 bits per heavy atom. The van der Waals surface area contributed by atoms with E-state index >= 15 is 0 Å². The van der Waals surface area contributed by atoms with E-state index in [0.717, 1.165) is 4.88 Å². The van der Waals surface area contributed by atoms with Gasteiger partial charge >= 0.3 is 5.97 Å². The summed E-state index contributed by atoms with van der Waals surface area (Å²) < 4.78 is 0.655. The summed E-state index contributed by atoms with van der Waals surface area (Å²) in [5, 5.41) is 15.8. The number of carbonyl (C=O) groups excluding carboxylic acids is 2. The first kappa shape index (κ1) is 21.4. The van der Waals surface area contributed by atoms with E-state index < -0.39 is 17.8 Å². The molecule has 9 nitrogen and oxygen atoms in total. The second-order valence-corrected chi connectivity index (χ2v) is 7.41. The van der Waals surface area contributed by atoms with Gasteiger partial charge in [-0.15, -0.1) is 11.3 Å². The number of nitrogens with zero attached hydrogens (tertiary/aromatic N) is 1. The lowest BCUT2D eigenvalue weighted by Crippen LogP contribution is -2.33. The number of nitrogens with one attached hydrogen (secondary N) is 2. The number of rotatable bonds is 8. The first-order valence-electron chi connectivity index (χ1n) is 8.01. The first-order valence-corrected chi connectivity index (χ1v) is 9.69. The number of aryl methyl sites for hydroxylation is 1. The maximum atomic E-state index is 12.2. The molecule has 2 amide bonds. The van der Waals surface area contributed by atoms with Crippen LogP contribution < -0.4 is 22.1 Å². The number of carbonyl (C=O) groups is 3. The van der Waals surface area contributed by atoms with Gasteiger partial charge in [-0.2, -0.15) is 0 Å². The van der Waals surface area contributed by atoms with E-state index in [-0.39, 0.29) is 18.9 Å². The number of hydrogen-bond acceptors (Lipinski definition) is 5. The third kappa shape index (κ3) is 6.35. The van der Waals surface area contributed by atoms with Crippen molar-refractivity contribution in [3.8, 4) is 0 Å². The highest BCUT2D eigenvalue weighted by atomic mass is 79.9. The number of thiophene rings is 1. The highest BCUT2D eigenvalue weighted by Gasteiger charge is 2.15. The Morgan fingerprint density at radius 2 is 2.00 bits per heavy atom. The molecule has 0 fully saturated rings. The zero-order chi connectivity index (χ0) is 20.7. The summed E-state index contributed by atoms with van der Waals surface area (Å²) in [6.45, 7) is -0.258. The van der Waals surface area contributed by atoms with Gasteiger partial charge in [0.15, 0.2) is 5.96 Å². The molecular weight excluding hydrogens is 450 g/mol. The number of carboxylic acids is 1. The summed E-state index contributed by atoms with van der Waals surface area (Å²) in [4.78, 5) is 39.8. The van der Waals surface area contributed by atoms with E-state index in [1.807, 2.05) is 0 Å². The standard InChI is InChI=1S/C17H18BrN5O4S/c18-11-8-28-12(4-5-14(25)26)15(11)23-13(24)7-21-16(27)9-2-1-3-10(6-9)22-17(19)20/h1-3,6,8H,4-5,7H2,(H,21,27)(H,23,24)(H,25,26)(H4,19,20,22). The fraction of sp³-hybridized carbons (Fsp3) is 0.176. The lowest BCUT2D eigenvalue weighted by Gasteiger charge is -2.09. The number of hydrogen-bond donors (Lipinski definition) is 5. The Balaban J connectivity index is 1.96. The molecule has 0 aliphatic carbocycles. The lowest BCUT2D eigenvalue weighted by atomic mass is 10.2. The Morgan fingerprint density at radius 1 is 1.25 bits per heavy atom. The monoisotopic (exact) mass is 467 g/mol. The number of amides is 2. The minimum atomic E-state index is -0.919. The smallest absolute Gasteiger partial charge is 0.303 e. The number of nitrogens with two attached hydrogens (primary N) is 2. The summed E-state index contributed by atoms with van der Waals surface area (Å²) in [7, 11) is 0. The zero-order valence-electron chi connectivity index (χ0n) is 14.6. The van der Waals surface area contributed by atoms with Crippen LogP contribution in [0.3, 0.4) is 0 Å². The Labute approximate surface area is 173 Å². The normalized spacial score (nSPS) is 10.2. The van der Waals surface area contributed by atoms with Crippen LogP contribution in [-0.2, 0) is 16.0 Å². The minimum Gasteiger partial charge on any atom is -0.481 e. The van der Waals surface area contributed by atoms with Crippen LogP contribution in [0.15, 0.2) is 39.1 Å². The molecule has 2 aromatic rings. The van der Waals surface area contributed by atoms with Crippen LogP contribution in [-0.4, -0.2) is 35.4 Å². The van der Waals surface area contributed by atoms with Crippen molar-refractivity contribution in [1.82, 2.24) is 5.32 Å². The van der Waals surface area contributed by atoms with Gasteiger partial charge in [0.05, 0.1) is 28.8 Å². The molecule has 1 aromatic carbocycles. The number of halogens is 1. The number of benzene rings is 1. The van der Waals surface area contributed by atoms with Crippen molar-refractivity contribution in [1.29, 1.82) is 0 Å². The van der Waals surface area contributed by atoms with Gasteiger partial charge in [0.2, 0.25) is 5.91 Å². The van der Waals surface area contributed by atoms with Gasteiger partial charge in [-0.3, -0.25) is 14.4 Å². The Hall–Kier alpha value is -2.92. The number of guanidine groups is 1. The lowest BCUT2D eigenvalue weighted by molar-refractivity contribution is -0.136. The molecule has 0 saturated carbocycles. The Kier molecular flexibility index (Phi) is 7.52. The van der Waals surface area contributed by atoms with Crippen molar-refractivity contribution in [2.24, 2.45) is 16.5 Å². The maximum Gasteiger partial charge on any atom is 0.303 e. The fourth-order valence-corrected chi connectivity index (χ4v) is 3.83. The van der Waals surface area contributed by atoms with E-state index in [0.29, 0.717) is 27.8 Å². The molecule has 11 heteroatoms. The zero-order valence-corrected chi connectivity index (χ0v) is 17.0.